The molecule has 0 aliphatic heterocycles. The van der Waals surface area contributed by atoms with Gasteiger partial charge in [-0.1, -0.05) is 26.0 Å². The number of aliphatic hydroxyl groups is 2. The van der Waals surface area contributed by atoms with Gasteiger partial charge in [0.15, 0.2) is 0 Å². The Labute approximate surface area is 346 Å². The van der Waals surface area contributed by atoms with Crippen molar-refractivity contribution in [2.75, 3.05) is 13.2 Å². The van der Waals surface area contributed by atoms with Crippen LogP contribution in [-0.4, -0.2) is 163 Å². The number of carboxylic acids is 4. The fourth-order valence-corrected chi connectivity index (χ4v) is 5.03. The SMILES string of the molecule is CC(C)[C@H](NC(=O)CNC(=O)[C@H](Cc1ccc(O)cc1)NC(=O)[C@H](CC(=O)O)NC(=O)[C@H](CC(=O)O)NC(=O)[C@@H](N)[C@@H](C)O)C(=O)N[C@@H](CC(=O)O)C(=O)N[C@@H](CO)C(=O)O. The number of carbonyl (C=O) groups is 11. The van der Waals surface area contributed by atoms with Gasteiger partial charge in [0.25, 0.3) is 0 Å². The van der Waals surface area contributed by atoms with Gasteiger partial charge in [-0.3, -0.25) is 47.9 Å². The highest BCUT2D eigenvalue weighted by molar-refractivity contribution is 5.99. The Morgan fingerprint density at radius 1 is 0.574 bits per heavy atom. The lowest BCUT2D eigenvalue weighted by molar-refractivity contribution is -0.144. The molecule has 0 heterocycles. The molecule has 0 saturated carbocycles. The molecule has 0 spiro atoms. The van der Waals surface area contributed by atoms with Gasteiger partial charge in [0.05, 0.1) is 38.5 Å². The van der Waals surface area contributed by atoms with E-state index in [9.17, 15) is 83.4 Å². The number of carbonyl (C=O) groups excluding carboxylic acids is 7. The van der Waals surface area contributed by atoms with Crippen LogP contribution in [0.25, 0.3) is 0 Å². The number of phenols is 1. The summed E-state index contributed by atoms with van der Waals surface area (Å²) >= 11 is 0. The molecule has 338 valence electrons. The quantitative estimate of drug-likeness (QED) is 0.0412. The molecule has 0 fully saturated rings. The summed E-state index contributed by atoms with van der Waals surface area (Å²) in [7, 11) is 0. The van der Waals surface area contributed by atoms with Crippen molar-refractivity contribution in [3.8, 4) is 5.75 Å². The minimum Gasteiger partial charge on any atom is -0.508 e. The van der Waals surface area contributed by atoms with E-state index in [4.69, 9.17) is 10.8 Å². The molecule has 16 N–H and O–H groups in total. The standard InChI is InChI=1S/C35H50N8O18/c1-14(2)28(34(59)41-21(11-26(52)53)32(57)42-22(13-44)35(60)61)43-23(47)12-37-29(54)18(8-16-4-6-17(46)7-5-16)38-30(55)19(9-24(48)49)39-31(56)20(10-25(50)51)40-33(58)27(36)15(3)45/h4-7,14-15,18-22,27-28,44-46H,8-13,36H2,1-3H3,(H,37,54)(H,38,55)(H,39,56)(H,40,58)(H,41,59)(H,42,57)(H,43,47)(H,48,49)(H,50,51)(H,52,53)(H,60,61)/t15-,18+,19+,20+,21+,22+,27+,28+/m1/s1. The Kier molecular flexibility index (Phi) is 21.2. The third-order valence-electron chi connectivity index (χ3n) is 8.35. The van der Waals surface area contributed by atoms with E-state index >= 15 is 0 Å². The molecular formula is C35H50N8O18. The smallest absolute Gasteiger partial charge is 0.328 e. The largest absolute Gasteiger partial charge is 0.508 e. The molecule has 1 aromatic carbocycles. The average molecular weight is 871 g/mol. The van der Waals surface area contributed by atoms with Gasteiger partial charge in [-0.15, -0.1) is 0 Å². The van der Waals surface area contributed by atoms with Crippen LogP contribution >= 0.6 is 0 Å². The van der Waals surface area contributed by atoms with E-state index in [1.807, 2.05) is 16.0 Å². The summed E-state index contributed by atoms with van der Waals surface area (Å²) in [6.07, 6.45) is -5.06. The van der Waals surface area contributed by atoms with Crippen molar-refractivity contribution in [3.05, 3.63) is 29.8 Å². The molecule has 0 aromatic heterocycles. The Morgan fingerprint density at radius 3 is 1.38 bits per heavy atom. The zero-order chi connectivity index (χ0) is 46.7. The van der Waals surface area contributed by atoms with E-state index < -0.39 is 152 Å². The molecule has 0 aliphatic carbocycles. The molecule has 26 heteroatoms. The van der Waals surface area contributed by atoms with E-state index in [0.29, 0.717) is 5.56 Å². The number of hydrogen-bond donors (Lipinski definition) is 15. The van der Waals surface area contributed by atoms with Gasteiger partial charge in [0, 0.05) is 6.42 Å². The van der Waals surface area contributed by atoms with Gasteiger partial charge in [-0.2, -0.15) is 0 Å². The Balaban J connectivity index is 3.29. The number of benzene rings is 1. The predicted octanol–water partition coefficient (Wildman–Crippen LogP) is -6.18. The maximum Gasteiger partial charge on any atom is 0.328 e. The first-order valence-electron chi connectivity index (χ1n) is 18.2. The summed E-state index contributed by atoms with van der Waals surface area (Å²) in [5.41, 5.74) is 5.84. The van der Waals surface area contributed by atoms with Crippen molar-refractivity contribution < 1.29 is 88.5 Å². The second-order valence-corrected chi connectivity index (χ2v) is 13.8. The topological polar surface area (TPSA) is 440 Å². The fourth-order valence-electron chi connectivity index (χ4n) is 5.03. The molecule has 7 amide bonds. The molecule has 26 nitrogen and oxygen atoms in total. The van der Waals surface area contributed by atoms with E-state index in [1.54, 1.807) is 0 Å². The number of amides is 7. The lowest BCUT2D eigenvalue weighted by Gasteiger charge is -2.26. The second-order valence-electron chi connectivity index (χ2n) is 13.8. The first-order chi connectivity index (χ1) is 28.4. The molecular weight excluding hydrogens is 820 g/mol. The number of rotatable bonds is 26. The van der Waals surface area contributed by atoms with Crippen LogP contribution in [0.15, 0.2) is 24.3 Å². The number of aliphatic carboxylic acids is 4. The average Bonchev–Trinajstić information content (AvgIpc) is 3.16. The Morgan fingerprint density at radius 2 is 0.984 bits per heavy atom. The molecule has 0 unspecified atom stereocenters. The zero-order valence-corrected chi connectivity index (χ0v) is 32.9. The molecule has 8 atom stereocenters. The lowest BCUT2D eigenvalue weighted by Crippen LogP contribution is -2.60. The number of hydrogen-bond acceptors (Lipinski definition) is 15. The number of phenolic OH excluding ortho intramolecular Hbond substituents is 1. The number of aliphatic hydroxyl groups excluding tert-OH is 2. The van der Waals surface area contributed by atoms with Crippen LogP contribution in [0.5, 0.6) is 5.75 Å². The third-order valence-corrected chi connectivity index (χ3v) is 8.35. The monoisotopic (exact) mass is 870 g/mol. The molecule has 1 rings (SSSR count). The summed E-state index contributed by atoms with van der Waals surface area (Å²) in [6, 6.07) is -7.28. The molecule has 0 radical (unpaired) electrons. The van der Waals surface area contributed by atoms with Crippen molar-refractivity contribution in [2.45, 2.75) is 94.9 Å². The van der Waals surface area contributed by atoms with Crippen LogP contribution < -0.4 is 43.0 Å². The maximum absolute atomic E-state index is 13.5. The first kappa shape index (κ1) is 52.1. The molecule has 1 aromatic rings. The van der Waals surface area contributed by atoms with Crippen molar-refractivity contribution in [1.29, 1.82) is 0 Å². The van der Waals surface area contributed by atoms with Crippen molar-refractivity contribution in [2.24, 2.45) is 11.7 Å². The fraction of sp³-hybridized carbons (Fsp3) is 0.514. The highest BCUT2D eigenvalue weighted by atomic mass is 16.4. The van der Waals surface area contributed by atoms with Gasteiger partial charge in [-0.25, -0.2) is 4.79 Å². The van der Waals surface area contributed by atoms with Gasteiger partial charge in [-0.05, 0) is 30.5 Å². The van der Waals surface area contributed by atoms with Crippen molar-refractivity contribution >= 4 is 65.2 Å². The number of carboxylic acid groups (broad SMARTS) is 4. The minimum absolute atomic E-state index is 0.180. The van der Waals surface area contributed by atoms with Crippen molar-refractivity contribution in [1.82, 2.24) is 37.2 Å². The van der Waals surface area contributed by atoms with Crippen molar-refractivity contribution in [3.63, 3.8) is 0 Å². The van der Waals surface area contributed by atoms with Gasteiger partial charge in [0.1, 0.15) is 48.0 Å². The number of nitrogens with one attached hydrogen (secondary N) is 7. The summed E-state index contributed by atoms with van der Waals surface area (Å²) in [5, 5.41) is 80.3. The summed E-state index contributed by atoms with van der Waals surface area (Å²) in [6.45, 7) is 2.06. The van der Waals surface area contributed by atoms with E-state index in [-0.39, 0.29) is 12.2 Å². The summed E-state index contributed by atoms with van der Waals surface area (Å²) in [5.74, 6) is -15.8. The first-order valence-corrected chi connectivity index (χ1v) is 18.2. The van der Waals surface area contributed by atoms with Crippen LogP contribution in [0.3, 0.4) is 0 Å². The molecule has 0 aliphatic rings. The number of aromatic hydroxyl groups is 1. The molecule has 61 heavy (non-hydrogen) atoms. The second kappa shape index (κ2) is 24.9. The Hall–Kier alpha value is -6.93. The van der Waals surface area contributed by atoms with E-state index in [1.165, 1.54) is 38.1 Å². The van der Waals surface area contributed by atoms with E-state index in [0.717, 1.165) is 6.92 Å². The van der Waals surface area contributed by atoms with Crippen LogP contribution in [0.2, 0.25) is 0 Å². The summed E-state index contributed by atoms with van der Waals surface area (Å²) < 4.78 is 0. The maximum atomic E-state index is 13.5. The zero-order valence-electron chi connectivity index (χ0n) is 32.9. The van der Waals surface area contributed by atoms with Crippen LogP contribution in [0.1, 0.15) is 45.6 Å². The molecule has 0 bridgehead atoms. The van der Waals surface area contributed by atoms with Crippen LogP contribution in [0, 0.1) is 5.92 Å². The van der Waals surface area contributed by atoms with Crippen LogP contribution in [-0.2, 0) is 59.2 Å². The predicted molar refractivity (Wildman–Crippen MR) is 202 cm³/mol. The minimum atomic E-state index is -2.02. The highest BCUT2D eigenvalue weighted by Gasteiger charge is 2.35. The number of nitrogens with two attached hydrogens (primary N) is 1. The Bertz CT molecular complexity index is 1790. The third kappa shape index (κ3) is 18.7. The van der Waals surface area contributed by atoms with Gasteiger partial charge >= 0.3 is 23.9 Å². The normalized spacial score (nSPS) is 14.8. The van der Waals surface area contributed by atoms with Crippen LogP contribution in [0.4, 0.5) is 0 Å². The van der Waals surface area contributed by atoms with Gasteiger partial charge < -0.3 is 78.7 Å². The lowest BCUT2D eigenvalue weighted by atomic mass is 10.0. The van der Waals surface area contributed by atoms with E-state index in [2.05, 4.69) is 21.3 Å². The highest BCUT2D eigenvalue weighted by Crippen LogP contribution is 2.12. The summed E-state index contributed by atoms with van der Waals surface area (Å²) in [4.78, 5) is 137. The molecule has 0 saturated heterocycles. The van der Waals surface area contributed by atoms with Gasteiger partial charge in [0.2, 0.25) is 41.4 Å².